The molecule has 15 unspecified atom stereocenters. The Hall–Kier alpha value is -3.12. The van der Waals surface area contributed by atoms with E-state index >= 15 is 9.59 Å². The van der Waals surface area contributed by atoms with Crippen LogP contribution in [0.4, 0.5) is 5.69 Å². The van der Waals surface area contributed by atoms with Crippen LogP contribution in [-0.2, 0) is 20.9 Å². The van der Waals surface area contributed by atoms with Crippen LogP contribution in [0, 0.1) is 51.2 Å². The van der Waals surface area contributed by atoms with Crippen molar-refractivity contribution in [3.63, 3.8) is 0 Å². The zero-order valence-corrected chi connectivity index (χ0v) is 43.5. The zero-order valence-electron chi connectivity index (χ0n) is 43.5. The zero-order chi connectivity index (χ0) is 49.6. The number of aliphatic hydroxyl groups is 3. The Morgan fingerprint density at radius 3 is 2.41 bits per heavy atom. The first-order valence-electron chi connectivity index (χ1n) is 27.9. The fraction of sp³-hybridized carbons (Fsp3) is 0.733. The van der Waals surface area contributed by atoms with E-state index in [0.717, 1.165) is 99.4 Å². The maximum Gasteiger partial charge on any atom is 0.160 e. The second-order valence-electron chi connectivity index (χ2n) is 25.8. The van der Waals surface area contributed by atoms with Crippen LogP contribution in [0.2, 0.25) is 0 Å². The number of β-amino-alcohol motifs (C(OH)–C–C–N with tert-alkyl or cyclic N) is 1. The highest BCUT2D eigenvalue weighted by Gasteiger charge is 2.73. The summed E-state index contributed by atoms with van der Waals surface area (Å²) in [6.07, 6.45) is 15.3. The van der Waals surface area contributed by atoms with Gasteiger partial charge in [-0.2, -0.15) is 0 Å². The molecule has 0 radical (unpaired) electrons. The Labute approximate surface area is 418 Å². The lowest BCUT2D eigenvalue weighted by Gasteiger charge is -2.72. The molecule has 0 spiro atoms. The molecule has 2 aliphatic heterocycles. The lowest BCUT2D eigenvalue weighted by molar-refractivity contribution is -0.208. The largest absolute Gasteiger partial charge is 0.508 e. The topological polar surface area (TPSA) is 178 Å². The summed E-state index contributed by atoms with van der Waals surface area (Å²) in [6.45, 7) is 12.2. The maximum atomic E-state index is 15.6. The number of aliphatic hydroxyl groups excluding tert-OH is 2. The Morgan fingerprint density at radius 1 is 0.900 bits per heavy atom. The number of phenols is 1. The third-order valence-electron chi connectivity index (χ3n) is 21.6. The second kappa shape index (κ2) is 18.7. The first-order valence-corrected chi connectivity index (χ1v) is 27.9. The molecule has 2 saturated heterocycles. The number of epoxide rings is 1. The Balaban J connectivity index is 1.04. The van der Waals surface area contributed by atoms with Gasteiger partial charge in [0.1, 0.15) is 17.6 Å². The van der Waals surface area contributed by atoms with Crippen LogP contribution in [0.5, 0.6) is 5.75 Å². The molecule has 70 heavy (non-hydrogen) atoms. The number of carbonyl (C=O) groups is 2. The van der Waals surface area contributed by atoms with Gasteiger partial charge in [0.05, 0.1) is 17.3 Å². The molecule has 0 amide bonds. The van der Waals surface area contributed by atoms with Crippen LogP contribution in [0.3, 0.4) is 0 Å². The van der Waals surface area contributed by atoms with Gasteiger partial charge in [0, 0.05) is 54.6 Å². The molecule has 0 aromatic heterocycles. The van der Waals surface area contributed by atoms with Crippen LogP contribution in [-0.4, -0.2) is 81.6 Å². The predicted octanol–water partition coefficient (Wildman–Crippen LogP) is 9.81. The van der Waals surface area contributed by atoms with Crippen molar-refractivity contribution >= 4 is 17.3 Å². The summed E-state index contributed by atoms with van der Waals surface area (Å²) in [6, 6.07) is 13.9. The Kier molecular flexibility index (Phi) is 13.4. The van der Waals surface area contributed by atoms with Crippen LogP contribution < -0.4 is 16.4 Å². The van der Waals surface area contributed by atoms with Gasteiger partial charge in [-0.1, -0.05) is 83.1 Å². The average molecular weight is 962 g/mol. The lowest BCUT2D eigenvalue weighted by atomic mass is 9.33. The molecule has 8 N–H and O–H groups in total. The van der Waals surface area contributed by atoms with E-state index in [1.165, 1.54) is 17.6 Å². The van der Waals surface area contributed by atoms with E-state index < -0.39 is 44.9 Å². The minimum atomic E-state index is -0.917. The molecule has 15 atom stereocenters. The number of nitrogen functional groups attached to an aromatic ring is 1. The summed E-state index contributed by atoms with van der Waals surface area (Å²) in [5.74, 6) is 1.13. The molecule has 2 heterocycles. The number of rotatable bonds is 12. The molecule has 0 bridgehead atoms. The van der Waals surface area contributed by atoms with Crippen molar-refractivity contribution in [1.29, 1.82) is 0 Å². The molecule has 8 aliphatic rings. The quantitative estimate of drug-likeness (QED) is 0.0801. The van der Waals surface area contributed by atoms with Gasteiger partial charge < -0.3 is 41.5 Å². The molecule has 10 heteroatoms. The van der Waals surface area contributed by atoms with E-state index in [1.54, 1.807) is 6.07 Å². The van der Waals surface area contributed by atoms with Crippen molar-refractivity contribution in [1.82, 2.24) is 10.6 Å². The molecule has 2 aromatic carbocycles. The molecular formula is C60H87N3O7. The fourth-order valence-electron chi connectivity index (χ4n) is 18.7. The van der Waals surface area contributed by atoms with Gasteiger partial charge in [-0.15, -0.1) is 0 Å². The van der Waals surface area contributed by atoms with Crippen molar-refractivity contribution in [2.45, 2.75) is 204 Å². The monoisotopic (exact) mass is 962 g/mol. The number of nitrogens with two attached hydrogens (primary N) is 1. The number of anilines is 1. The van der Waals surface area contributed by atoms with Crippen LogP contribution in [0.1, 0.15) is 185 Å². The summed E-state index contributed by atoms with van der Waals surface area (Å²) in [5.41, 5.74) is 8.92. The molecular weight excluding hydrogens is 875 g/mol. The van der Waals surface area contributed by atoms with Crippen molar-refractivity contribution in [2.24, 2.45) is 51.2 Å². The number of allylic oxidation sites excluding steroid dienone is 2. The number of carbonyl (C=O) groups excluding carboxylic acids is 2. The van der Waals surface area contributed by atoms with Crippen LogP contribution in [0.15, 0.2) is 53.6 Å². The molecule has 2 aromatic rings. The second-order valence-corrected chi connectivity index (χ2v) is 25.8. The summed E-state index contributed by atoms with van der Waals surface area (Å²) in [7, 11) is 1.90. The number of ketones is 2. The van der Waals surface area contributed by atoms with Gasteiger partial charge in [-0.25, -0.2) is 0 Å². The standard InChI is InChI=1S/C60H87N3O7/c1-55(69)22-10-11-23-56(2)52-47(63-35-55)32-60(24-25-64)50(57(52,3)31-44(53(56)68)39-26-36(34-62-6)27-41(65)29-39)21-20-46-51(49(67)33-58(46,60)4)43(37-14-8-7-9-15-37)30-48(66)54-59(5,70-54)45-19-13-18-42(45)38-16-12-17-40(61)28-38/h12,16-17,26-29,37,42-45,47-48,50,52,54,62-66,69H,7-11,13-15,18-25,30-35,61H2,1-6H3. The third-order valence-corrected chi connectivity index (χ3v) is 21.6. The summed E-state index contributed by atoms with van der Waals surface area (Å²) in [5, 5.41) is 54.2. The van der Waals surface area contributed by atoms with Crippen molar-refractivity contribution in [3.8, 4) is 5.75 Å². The number of aromatic hydroxyl groups is 1. The van der Waals surface area contributed by atoms with E-state index in [0.29, 0.717) is 63.5 Å². The van der Waals surface area contributed by atoms with Gasteiger partial charge in [0.25, 0.3) is 0 Å². The van der Waals surface area contributed by atoms with E-state index in [4.69, 9.17) is 10.5 Å². The lowest BCUT2D eigenvalue weighted by Crippen LogP contribution is -2.71. The van der Waals surface area contributed by atoms with Gasteiger partial charge in [0.15, 0.2) is 5.78 Å². The average Bonchev–Trinajstić information content (AvgIpc) is 3.61. The van der Waals surface area contributed by atoms with Gasteiger partial charge in [0.2, 0.25) is 0 Å². The van der Waals surface area contributed by atoms with E-state index in [-0.39, 0.29) is 59.7 Å². The summed E-state index contributed by atoms with van der Waals surface area (Å²) < 4.78 is 6.71. The number of hydrogen-bond acceptors (Lipinski definition) is 10. The van der Waals surface area contributed by atoms with E-state index in [2.05, 4.69) is 56.5 Å². The summed E-state index contributed by atoms with van der Waals surface area (Å²) >= 11 is 0. The number of Topliss-reactive ketones (excluding diaryl/α,β-unsaturated/α-hetero) is 2. The number of phenolic OH excluding ortho intramolecular Hbond substituents is 1. The number of fused-ring (bicyclic) bond motifs is 4. The fourth-order valence-corrected chi connectivity index (χ4v) is 18.7. The molecule has 10 rings (SSSR count). The normalized spacial score (nSPS) is 41.9. The number of ether oxygens (including phenoxy) is 1. The smallest absolute Gasteiger partial charge is 0.160 e. The maximum absolute atomic E-state index is 15.6. The number of benzene rings is 2. The van der Waals surface area contributed by atoms with Gasteiger partial charge in [-0.3, -0.25) is 9.59 Å². The van der Waals surface area contributed by atoms with Crippen LogP contribution >= 0.6 is 0 Å². The van der Waals surface area contributed by atoms with E-state index in [9.17, 15) is 20.4 Å². The Morgan fingerprint density at radius 2 is 1.67 bits per heavy atom. The highest BCUT2D eigenvalue weighted by atomic mass is 16.6. The highest BCUT2D eigenvalue weighted by Crippen LogP contribution is 2.76. The highest BCUT2D eigenvalue weighted by molar-refractivity contribution is 6.01. The van der Waals surface area contributed by atoms with Crippen LogP contribution in [0.25, 0.3) is 0 Å². The third kappa shape index (κ3) is 8.27. The van der Waals surface area contributed by atoms with Crippen molar-refractivity contribution in [2.75, 3.05) is 25.9 Å². The molecule has 384 valence electrons. The van der Waals surface area contributed by atoms with Gasteiger partial charge in [-0.05, 0) is 191 Å². The number of nitrogens with one attached hydrogen (secondary N) is 2. The molecule has 10 nitrogen and oxygen atoms in total. The first kappa shape index (κ1) is 50.4. The molecule has 5 saturated carbocycles. The Bertz CT molecular complexity index is 2340. The van der Waals surface area contributed by atoms with Crippen molar-refractivity contribution < 1.29 is 34.8 Å². The minimum absolute atomic E-state index is 0.00621. The molecule has 7 fully saturated rings. The minimum Gasteiger partial charge on any atom is -0.508 e. The summed E-state index contributed by atoms with van der Waals surface area (Å²) in [4.78, 5) is 31.1. The number of hydrogen-bond donors (Lipinski definition) is 7. The van der Waals surface area contributed by atoms with Gasteiger partial charge >= 0.3 is 0 Å². The SMILES string of the molecule is CNCc1cc(O)cc(C2CC3(C)C4C(CC5(CCO)C3CCC3=C(C(CC(O)C6OC6(C)C6CCCC6c6cccc(N)c6)C6CCCCC6)C(=O)CC35C)NCC(C)(O)CCCCC4(C)C2=O)c1. The van der Waals surface area contributed by atoms with Crippen molar-refractivity contribution in [3.05, 3.63) is 70.3 Å². The van der Waals surface area contributed by atoms with E-state index in [1.807, 2.05) is 32.2 Å². The molecule has 6 aliphatic carbocycles. The predicted molar refractivity (Wildman–Crippen MR) is 275 cm³/mol. The first-order chi connectivity index (χ1) is 33.3.